The molecule has 0 N–H and O–H groups in total. The number of pyridine rings is 1. The Kier molecular flexibility index (Phi) is 2.17. The van der Waals surface area contributed by atoms with Crippen LogP contribution in [0.25, 0.3) is 10.8 Å². The lowest BCUT2D eigenvalue weighted by Gasteiger charge is -2.08. The van der Waals surface area contributed by atoms with Crippen LogP contribution in [0.3, 0.4) is 0 Å². The number of fused-ring (bicyclic) bond motifs is 3. The van der Waals surface area contributed by atoms with Gasteiger partial charge in [0.25, 0.3) is 0 Å². The number of hydrogen-bond acceptors (Lipinski definition) is 1. The number of aromatic nitrogens is 1. The average Bonchev–Trinajstić information content (AvgIpc) is 2.54. The molecule has 0 atom stereocenters. The van der Waals surface area contributed by atoms with E-state index >= 15 is 0 Å². The van der Waals surface area contributed by atoms with Crippen LogP contribution in [0.5, 0.6) is 0 Å². The molecule has 2 aromatic rings. The summed E-state index contributed by atoms with van der Waals surface area (Å²) in [5.41, 5.74) is 2.76. The second kappa shape index (κ2) is 3.65. The van der Waals surface area contributed by atoms with E-state index in [4.69, 9.17) is 0 Å². The van der Waals surface area contributed by atoms with Crippen molar-refractivity contribution in [2.45, 2.75) is 32.1 Å². The molecule has 1 aromatic carbocycles. The zero-order valence-corrected chi connectivity index (χ0v) is 8.79. The van der Waals surface area contributed by atoms with E-state index in [9.17, 15) is 0 Å². The van der Waals surface area contributed by atoms with Gasteiger partial charge in [0.15, 0.2) is 0 Å². The number of benzene rings is 1. The van der Waals surface area contributed by atoms with E-state index in [1.54, 1.807) is 0 Å². The van der Waals surface area contributed by atoms with Gasteiger partial charge >= 0.3 is 0 Å². The Labute approximate surface area is 90.2 Å². The van der Waals surface area contributed by atoms with Gasteiger partial charge < -0.3 is 0 Å². The Balaban J connectivity index is 2.27. The molecule has 0 spiro atoms. The predicted octanol–water partition coefficient (Wildman–Crippen LogP) is 3.30. The molecule has 15 heavy (non-hydrogen) atoms. The van der Waals surface area contributed by atoms with Gasteiger partial charge in [0.05, 0.1) is 0 Å². The highest BCUT2D eigenvalue weighted by atomic mass is 14.7. The molecule has 1 nitrogen and oxygen atoms in total. The fraction of sp³-hybridized carbons (Fsp3) is 0.357. The molecule has 0 saturated carbocycles. The van der Waals surface area contributed by atoms with Crippen LogP contribution in [-0.2, 0) is 12.8 Å². The normalized spacial score (nSPS) is 16.0. The fourth-order valence-electron chi connectivity index (χ4n) is 2.44. The van der Waals surface area contributed by atoms with Crippen molar-refractivity contribution in [1.82, 2.24) is 4.98 Å². The van der Waals surface area contributed by atoms with Gasteiger partial charge in [-0.15, -0.1) is 0 Å². The molecule has 1 heteroatoms. The van der Waals surface area contributed by atoms with E-state index in [0.717, 1.165) is 6.42 Å². The third kappa shape index (κ3) is 1.52. The monoisotopic (exact) mass is 196 g/mol. The minimum Gasteiger partial charge on any atom is -0.260 e. The van der Waals surface area contributed by atoms with E-state index in [0.29, 0.717) is 0 Å². The van der Waals surface area contributed by atoms with Crippen molar-refractivity contribution >= 4 is 10.8 Å². The quantitative estimate of drug-likeness (QED) is 0.589. The highest BCUT2D eigenvalue weighted by Gasteiger charge is 2.11. The molecule has 1 aliphatic carbocycles. The number of hydrogen-bond donors (Lipinski definition) is 0. The Hall–Kier alpha value is -1.37. The van der Waals surface area contributed by atoms with Crippen molar-refractivity contribution in [2.75, 3.05) is 0 Å². The Bertz CT molecular complexity index is 488. The molecular formula is C14H14N. The van der Waals surface area contributed by atoms with Crippen molar-refractivity contribution in [3.8, 4) is 0 Å². The molecule has 0 amide bonds. The molecule has 0 bridgehead atoms. The van der Waals surface area contributed by atoms with Crippen LogP contribution in [0, 0.1) is 6.07 Å². The second-order valence-electron chi connectivity index (χ2n) is 4.24. The minimum atomic E-state index is 1.15. The summed E-state index contributed by atoms with van der Waals surface area (Å²) in [4.78, 5) is 4.59. The Morgan fingerprint density at radius 1 is 1.13 bits per heavy atom. The summed E-state index contributed by atoms with van der Waals surface area (Å²) in [6.07, 6.45) is 8.25. The predicted molar refractivity (Wildman–Crippen MR) is 61.8 cm³/mol. The number of aryl methyl sites for hydroxylation is 2. The SMILES string of the molecule is [c]1cccc2cnc3c(c12)CCCCC3. The number of rotatable bonds is 0. The van der Waals surface area contributed by atoms with Gasteiger partial charge in [-0.25, -0.2) is 0 Å². The lowest BCUT2D eigenvalue weighted by molar-refractivity contribution is 0.709. The van der Waals surface area contributed by atoms with Crippen molar-refractivity contribution in [3.05, 3.63) is 41.7 Å². The molecule has 1 heterocycles. The molecule has 75 valence electrons. The smallest absolute Gasteiger partial charge is 0.0442 e. The van der Waals surface area contributed by atoms with Crippen molar-refractivity contribution in [1.29, 1.82) is 0 Å². The largest absolute Gasteiger partial charge is 0.260 e. The number of nitrogens with zero attached hydrogens (tertiary/aromatic N) is 1. The topological polar surface area (TPSA) is 12.9 Å². The second-order valence-corrected chi connectivity index (χ2v) is 4.24. The molecule has 0 fully saturated rings. The van der Waals surface area contributed by atoms with Crippen LogP contribution in [0.4, 0.5) is 0 Å². The van der Waals surface area contributed by atoms with Crippen molar-refractivity contribution in [2.24, 2.45) is 0 Å². The van der Waals surface area contributed by atoms with E-state index in [-0.39, 0.29) is 0 Å². The summed E-state index contributed by atoms with van der Waals surface area (Å²) in [6, 6.07) is 9.54. The highest BCUT2D eigenvalue weighted by Crippen LogP contribution is 2.25. The standard InChI is InChI=1S/C14H14N/c1-2-8-13-12-7-5-4-6-11(12)10-15-14(13)9-3-1/h4-6,10H,1-3,8-9H2. The molecule has 0 saturated heterocycles. The van der Waals surface area contributed by atoms with E-state index < -0.39 is 0 Å². The summed E-state index contributed by atoms with van der Waals surface area (Å²) < 4.78 is 0. The first-order valence-corrected chi connectivity index (χ1v) is 5.72. The molecule has 1 radical (unpaired) electrons. The first-order chi connectivity index (χ1) is 7.45. The van der Waals surface area contributed by atoms with Crippen LogP contribution < -0.4 is 0 Å². The van der Waals surface area contributed by atoms with Crippen LogP contribution in [0.2, 0.25) is 0 Å². The molecule has 1 aliphatic rings. The first-order valence-electron chi connectivity index (χ1n) is 5.72. The van der Waals surface area contributed by atoms with Gasteiger partial charge in [0.1, 0.15) is 0 Å². The van der Waals surface area contributed by atoms with Crippen molar-refractivity contribution in [3.63, 3.8) is 0 Å². The minimum absolute atomic E-state index is 1.15. The van der Waals surface area contributed by atoms with Gasteiger partial charge in [-0.2, -0.15) is 0 Å². The summed E-state index contributed by atoms with van der Waals surface area (Å²) in [6.45, 7) is 0. The maximum Gasteiger partial charge on any atom is 0.0442 e. The Morgan fingerprint density at radius 3 is 3.07 bits per heavy atom. The van der Waals surface area contributed by atoms with Crippen LogP contribution in [0.1, 0.15) is 30.5 Å². The maximum absolute atomic E-state index is 4.59. The summed E-state index contributed by atoms with van der Waals surface area (Å²) in [7, 11) is 0. The third-order valence-electron chi connectivity index (χ3n) is 3.24. The molecule has 1 aromatic heterocycles. The summed E-state index contributed by atoms with van der Waals surface area (Å²) in [5, 5.41) is 2.53. The Morgan fingerprint density at radius 2 is 2.07 bits per heavy atom. The van der Waals surface area contributed by atoms with Gasteiger partial charge in [0.2, 0.25) is 0 Å². The zero-order valence-electron chi connectivity index (χ0n) is 8.79. The third-order valence-corrected chi connectivity index (χ3v) is 3.24. The molecule has 0 unspecified atom stereocenters. The van der Waals surface area contributed by atoms with Crippen LogP contribution in [0.15, 0.2) is 24.4 Å². The highest BCUT2D eigenvalue weighted by molar-refractivity contribution is 5.85. The zero-order chi connectivity index (χ0) is 10.1. The first kappa shape index (κ1) is 8.90. The van der Waals surface area contributed by atoms with Gasteiger partial charge in [-0.05, 0) is 42.7 Å². The lowest BCUT2D eigenvalue weighted by Crippen LogP contribution is -1.96. The molecular weight excluding hydrogens is 182 g/mol. The van der Waals surface area contributed by atoms with Crippen LogP contribution >= 0.6 is 0 Å². The van der Waals surface area contributed by atoms with Crippen LogP contribution in [-0.4, -0.2) is 4.98 Å². The van der Waals surface area contributed by atoms with Crippen molar-refractivity contribution < 1.29 is 0 Å². The summed E-state index contributed by atoms with van der Waals surface area (Å²) >= 11 is 0. The lowest BCUT2D eigenvalue weighted by atomic mass is 10.0. The van der Waals surface area contributed by atoms with Gasteiger partial charge in [-0.1, -0.05) is 24.6 Å². The van der Waals surface area contributed by atoms with Gasteiger partial charge in [0, 0.05) is 17.3 Å². The average molecular weight is 196 g/mol. The van der Waals surface area contributed by atoms with E-state index in [1.807, 2.05) is 18.3 Å². The van der Waals surface area contributed by atoms with Gasteiger partial charge in [-0.3, -0.25) is 4.98 Å². The summed E-state index contributed by atoms with van der Waals surface area (Å²) in [5.74, 6) is 0. The maximum atomic E-state index is 4.59. The molecule has 0 aliphatic heterocycles. The van der Waals surface area contributed by atoms with E-state index in [1.165, 1.54) is 47.7 Å². The molecule has 3 rings (SSSR count). The fourth-order valence-corrected chi connectivity index (χ4v) is 2.44. The van der Waals surface area contributed by atoms with E-state index in [2.05, 4.69) is 17.1 Å².